The second-order valence-corrected chi connectivity index (χ2v) is 4.28. The van der Waals surface area contributed by atoms with Crippen LogP contribution in [-0.4, -0.2) is 13.1 Å². The Labute approximate surface area is 96.7 Å². The molecule has 0 bridgehead atoms. The molecule has 0 saturated carbocycles. The first-order valence-corrected chi connectivity index (χ1v) is 5.16. The van der Waals surface area contributed by atoms with E-state index in [0.717, 1.165) is 0 Å². The standard InChI is InChI=1S/C8H5BrFIO2/c1-13-8(12)5-2-4(11)3-6(10)7(5)9/h2-3H,1H3. The SMILES string of the molecule is COC(=O)c1cc(I)cc(F)c1Br. The summed E-state index contributed by atoms with van der Waals surface area (Å²) >= 11 is 4.91. The molecule has 13 heavy (non-hydrogen) atoms. The maximum atomic E-state index is 13.1. The van der Waals surface area contributed by atoms with E-state index in [4.69, 9.17) is 0 Å². The van der Waals surface area contributed by atoms with E-state index in [1.54, 1.807) is 6.07 Å². The van der Waals surface area contributed by atoms with Crippen LogP contribution >= 0.6 is 38.5 Å². The van der Waals surface area contributed by atoms with E-state index in [2.05, 4.69) is 20.7 Å². The molecular formula is C8H5BrFIO2. The van der Waals surface area contributed by atoms with Crippen molar-refractivity contribution in [3.63, 3.8) is 0 Å². The first-order valence-electron chi connectivity index (χ1n) is 3.29. The Morgan fingerprint density at radius 2 is 2.23 bits per heavy atom. The van der Waals surface area contributed by atoms with Crippen molar-refractivity contribution in [2.24, 2.45) is 0 Å². The van der Waals surface area contributed by atoms with Gasteiger partial charge in [-0.1, -0.05) is 0 Å². The summed E-state index contributed by atoms with van der Waals surface area (Å²) in [7, 11) is 1.26. The van der Waals surface area contributed by atoms with Crippen molar-refractivity contribution in [3.8, 4) is 0 Å². The molecule has 0 heterocycles. The van der Waals surface area contributed by atoms with Crippen LogP contribution in [0.15, 0.2) is 16.6 Å². The number of benzene rings is 1. The van der Waals surface area contributed by atoms with Gasteiger partial charge in [0.25, 0.3) is 0 Å². The fourth-order valence-corrected chi connectivity index (χ4v) is 1.79. The lowest BCUT2D eigenvalue weighted by Gasteiger charge is -2.03. The zero-order valence-electron chi connectivity index (χ0n) is 6.61. The molecule has 1 rings (SSSR count). The number of carbonyl (C=O) groups is 1. The van der Waals surface area contributed by atoms with Gasteiger partial charge in [-0.25, -0.2) is 9.18 Å². The highest BCUT2D eigenvalue weighted by molar-refractivity contribution is 14.1. The van der Waals surface area contributed by atoms with Crippen LogP contribution in [0.4, 0.5) is 4.39 Å². The van der Waals surface area contributed by atoms with Gasteiger partial charge in [0, 0.05) is 3.57 Å². The fourth-order valence-electron chi connectivity index (χ4n) is 0.814. The van der Waals surface area contributed by atoms with Crippen molar-refractivity contribution in [1.29, 1.82) is 0 Å². The Balaban J connectivity index is 3.28. The van der Waals surface area contributed by atoms with Gasteiger partial charge >= 0.3 is 5.97 Å². The number of halogens is 3. The lowest BCUT2D eigenvalue weighted by Crippen LogP contribution is -2.04. The number of methoxy groups -OCH3 is 1. The molecule has 0 unspecified atom stereocenters. The van der Waals surface area contributed by atoms with Gasteiger partial charge < -0.3 is 4.74 Å². The Morgan fingerprint density at radius 3 is 2.77 bits per heavy atom. The highest BCUT2D eigenvalue weighted by Gasteiger charge is 2.14. The van der Waals surface area contributed by atoms with Crippen LogP contribution in [0.1, 0.15) is 10.4 Å². The molecule has 0 saturated heterocycles. The van der Waals surface area contributed by atoms with Gasteiger partial charge in [0.15, 0.2) is 0 Å². The molecule has 0 radical (unpaired) electrons. The predicted octanol–water partition coefficient (Wildman–Crippen LogP) is 2.98. The minimum absolute atomic E-state index is 0.139. The Morgan fingerprint density at radius 1 is 1.62 bits per heavy atom. The van der Waals surface area contributed by atoms with Crippen LogP contribution in [-0.2, 0) is 4.74 Å². The van der Waals surface area contributed by atoms with E-state index >= 15 is 0 Å². The molecule has 70 valence electrons. The van der Waals surface area contributed by atoms with E-state index < -0.39 is 11.8 Å². The molecule has 2 nitrogen and oxygen atoms in total. The Kier molecular flexibility index (Phi) is 3.66. The minimum Gasteiger partial charge on any atom is -0.465 e. The van der Waals surface area contributed by atoms with Crippen molar-refractivity contribution >= 4 is 44.5 Å². The molecule has 0 aromatic heterocycles. The van der Waals surface area contributed by atoms with Gasteiger partial charge in [-0.3, -0.25) is 0 Å². The van der Waals surface area contributed by atoms with Crippen molar-refractivity contribution < 1.29 is 13.9 Å². The predicted molar refractivity (Wildman–Crippen MR) is 58.2 cm³/mol. The molecule has 0 spiro atoms. The average molecular weight is 359 g/mol. The van der Waals surface area contributed by atoms with Crippen LogP contribution < -0.4 is 0 Å². The second kappa shape index (κ2) is 4.36. The summed E-state index contributed by atoms with van der Waals surface area (Å²) in [4.78, 5) is 11.1. The van der Waals surface area contributed by atoms with Gasteiger partial charge in [-0.05, 0) is 50.7 Å². The summed E-state index contributed by atoms with van der Waals surface area (Å²) in [5.41, 5.74) is 0.201. The Hall–Kier alpha value is -0.170. The zero-order chi connectivity index (χ0) is 10.0. The zero-order valence-corrected chi connectivity index (χ0v) is 10.3. The van der Waals surface area contributed by atoms with Gasteiger partial charge in [-0.2, -0.15) is 0 Å². The lowest BCUT2D eigenvalue weighted by molar-refractivity contribution is 0.0599. The molecule has 5 heteroatoms. The normalized spacial score (nSPS) is 9.85. The fraction of sp³-hybridized carbons (Fsp3) is 0.125. The van der Waals surface area contributed by atoms with E-state index in [1.807, 2.05) is 22.6 Å². The van der Waals surface area contributed by atoms with Crippen molar-refractivity contribution in [1.82, 2.24) is 0 Å². The maximum absolute atomic E-state index is 13.1. The number of rotatable bonds is 1. The Bertz CT molecular complexity index is 354. The van der Waals surface area contributed by atoms with E-state index in [-0.39, 0.29) is 10.0 Å². The van der Waals surface area contributed by atoms with Crippen LogP contribution in [0.3, 0.4) is 0 Å². The summed E-state index contributed by atoms with van der Waals surface area (Å²) in [5, 5.41) is 0. The molecule has 1 aromatic rings. The first kappa shape index (κ1) is 10.9. The quantitative estimate of drug-likeness (QED) is 0.438. The lowest BCUT2D eigenvalue weighted by atomic mass is 10.2. The topological polar surface area (TPSA) is 26.3 Å². The third-order valence-corrected chi connectivity index (χ3v) is 2.83. The number of hydrogen-bond donors (Lipinski definition) is 0. The molecule has 0 aliphatic rings. The largest absolute Gasteiger partial charge is 0.465 e. The third-order valence-electron chi connectivity index (χ3n) is 1.40. The molecule has 0 N–H and O–H groups in total. The van der Waals surface area contributed by atoms with Crippen LogP contribution in [0, 0.1) is 9.39 Å². The molecule has 1 aromatic carbocycles. The number of ether oxygens (including phenoxy) is 1. The highest BCUT2D eigenvalue weighted by Crippen LogP contribution is 2.24. The van der Waals surface area contributed by atoms with Crippen LogP contribution in [0.25, 0.3) is 0 Å². The molecular weight excluding hydrogens is 354 g/mol. The minimum atomic E-state index is -0.552. The second-order valence-electron chi connectivity index (χ2n) is 2.24. The van der Waals surface area contributed by atoms with E-state index in [1.165, 1.54) is 13.2 Å². The smallest absolute Gasteiger partial charge is 0.339 e. The van der Waals surface area contributed by atoms with Gasteiger partial charge in [0.05, 0.1) is 17.1 Å². The summed E-state index contributed by atoms with van der Waals surface area (Å²) in [6, 6.07) is 2.89. The molecule has 0 aliphatic carbocycles. The van der Waals surface area contributed by atoms with Crippen molar-refractivity contribution in [2.45, 2.75) is 0 Å². The first-order chi connectivity index (χ1) is 6.06. The highest BCUT2D eigenvalue weighted by atomic mass is 127. The third kappa shape index (κ3) is 2.40. The summed E-state index contributed by atoms with van der Waals surface area (Å²) < 4.78 is 18.4. The van der Waals surface area contributed by atoms with Gasteiger partial charge in [0.2, 0.25) is 0 Å². The molecule has 0 atom stereocenters. The molecule has 0 fully saturated rings. The van der Waals surface area contributed by atoms with E-state index in [0.29, 0.717) is 3.57 Å². The average Bonchev–Trinajstić information content (AvgIpc) is 2.10. The van der Waals surface area contributed by atoms with Crippen molar-refractivity contribution in [2.75, 3.05) is 7.11 Å². The van der Waals surface area contributed by atoms with Crippen molar-refractivity contribution in [3.05, 3.63) is 31.6 Å². The molecule has 0 amide bonds. The summed E-state index contributed by atoms with van der Waals surface area (Å²) in [6.07, 6.45) is 0. The summed E-state index contributed by atoms with van der Waals surface area (Å²) in [5.74, 6) is -1.02. The maximum Gasteiger partial charge on any atom is 0.339 e. The number of esters is 1. The monoisotopic (exact) mass is 358 g/mol. The summed E-state index contributed by atoms with van der Waals surface area (Å²) in [6.45, 7) is 0. The number of hydrogen-bond acceptors (Lipinski definition) is 2. The van der Waals surface area contributed by atoms with E-state index in [9.17, 15) is 9.18 Å². The van der Waals surface area contributed by atoms with Crippen LogP contribution in [0.2, 0.25) is 0 Å². The van der Waals surface area contributed by atoms with Crippen LogP contribution in [0.5, 0.6) is 0 Å². The number of carbonyl (C=O) groups excluding carboxylic acids is 1. The van der Waals surface area contributed by atoms with Gasteiger partial charge in [-0.15, -0.1) is 0 Å². The van der Waals surface area contributed by atoms with Gasteiger partial charge in [0.1, 0.15) is 5.82 Å². The molecule has 0 aliphatic heterocycles.